The molecule has 0 amide bonds. The van der Waals surface area contributed by atoms with E-state index in [2.05, 4.69) is 15.4 Å². The average molecular weight is 301 g/mol. The van der Waals surface area contributed by atoms with Crippen molar-refractivity contribution in [2.75, 3.05) is 0 Å². The number of para-hydroxylation sites is 1. The standard InChI is InChI=1S/C14H11N3O3S/c18-21(19,10-9-11-5-2-1-3-6-11)20-13-8-4-7-12-14(13)16-17-15-12/h1-10H,(H,15,16,17). The van der Waals surface area contributed by atoms with Crippen LogP contribution >= 0.6 is 0 Å². The van der Waals surface area contributed by atoms with Crippen molar-refractivity contribution in [2.45, 2.75) is 0 Å². The molecular weight excluding hydrogens is 290 g/mol. The maximum atomic E-state index is 12.0. The van der Waals surface area contributed by atoms with E-state index in [1.165, 1.54) is 12.1 Å². The molecule has 7 heteroatoms. The molecule has 0 saturated heterocycles. The molecule has 2 aromatic carbocycles. The molecule has 21 heavy (non-hydrogen) atoms. The third-order valence-electron chi connectivity index (χ3n) is 2.74. The highest BCUT2D eigenvalue weighted by Gasteiger charge is 2.13. The van der Waals surface area contributed by atoms with Gasteiger partial charge in [0.2, 0.25) is 0 Å². The topological polar surface area (TPSA) is 84.9 Å². The first-order valence-electron chi connectivity index (χ1n) is 6.11. The molecule has 0 atom stereocenters. The Morgan fingerprint density at radius 1 is 1.00 bits per heavy atom. The molecule has 1 aromatic heterocycles. The third-order valence-corrected chi connectivity index (χ3v) is 3.62. The van der Waals surface area contributed by atoms with Gasteiger partial charge in [0.15, 0.2) is 11.3 Å². The van der Waals surface area contributed by atoms with E-state index in [0.717, 1.165) is 11.0 Å². The summed E-state index contributed by atoms with van der Waals surface area (Å²) in [6.07, 6.45) is 1.47. The largest absolute Gasteiger partial charge is 0.377 e. The average Bonchev–Trinajstić information content (AvgIpc) is 2.96. The van der Waals surface area contributed by atoms with Crippen LogP contribution in [-0.4, -0.2) is 23.8 Å². The maximum Gasteiger partial charge on any atom is 0.332 e. The summed E-state index contributed by atoms with van der Waals surface area (Å²) in [6, 6.07) is 14.0. The van der Waals surface area contributed by atoms with E-state index < -0.39 is 10.1 Å². The van der Waals surface area contributed by atoms with Crippen molar-refractivity contribution in [1.29, 1.82) is 0 Å². The Labute approximate surface area is 121 Å². The number of hydrogen-bond acceptors (Lipinski definition) is 5. The molecule has 0 aliphatic carbocycles. The molecule has 6 nitrogen and oxygen atoms in total. The fourth-order valence-corrected chi connectivity index (χ4v) is 2.55. The minimum Gasteiger partial charge on any atom is -0.377 e. The van der Waals surface area contributed by atoms with Gasteiger partial charge in [-0.05, 0) is 23.8 Å². The lowest BCUT2D eigenvalue weighted by atomic mass is 10.2. The van der Waals surface area contributed by atoms with Crippen LogP contribution in [0.2, 0.25) is 0 Å². The van der Waals surface area contributed by atoms with Gasteiger partial charge in [-0.25, -0.2) is 0 Å². The van der Waals surface area contributed by atoms with E-state index in [1.807, 2.05) is 18.2 Å². The van der Waals surface area contributed by atoms with Gasteiger partial charge < -0.3 is 4.18 Å². The fourth-order valence-electron chi connectivity index (χ4n) is 1.79. The summed E-state index contributed by atoms with van der Waals surface area (Å²) in [5.74, 6) is 0.138. The van der Waals surface area contributed by atoms with Gasteiger partial charge in [0.05, 0.1) is 5.41 Å². The van der Waals surface area contributed by atoms with Crippen LogP contribution in [0.25, 0.3) is 17.1 Å². The van der Waals surface area contributed by atoms with Crippen LogP contribution in [0.15, 0.2) is 53.9 Å². The number of aromatic amines is 1. The van der Waals surface area contributed by atoms with E-state index in [1.54, 1.807) is 24.3 Å². The highest BCUT2D eigenvalue weighted by atomic mass is 32.2. The third kappa shape index (κ3) is 3.09. The summed E-state index contributed by atoms with van der Waals surface area (Å²) >= 11 is 0. The van der Waals surface area contributed by atoms with Crippen molar-refractivity contribution in [3.8, 4) is 5.75 Å². The van der Waals surface area contributed by atoms with Crippen molar-refractivity contribution >= 4 is 27.2 Å². The first kappa shape index (κ1) is 13.3. The van der Waals surface area contributed by atoms with E-state index in [4.69, 9.17) is 4.18 Å². The van der Waals surface area contributed by atoms with Gasteiger partial charge in [0, 0.05) is 0 Å². The number of nitrogens with zero attached hydrogens (tertiary/aromatic N) is 2. The van der Waals surface area contributed by atoms with Crippen LogP contribution < -0.4 is 4.18 Å². The Balaban J connectivity index is 1.86. The SMILES string of the molecule is O=S(=O)(C=Cc1ccccc1)Oc1cccc2n[nH]nc12. The molecular formula is C14H11N3O3S. The zero-order valence-corrected chi connectivity index (χ0v) is 11.6. The zero-order chi connectivity index (χ0) is 14.7. The molecule has 0 aliphatic rings. The molecule has 0 radical (unpaired) electrons. The summed E-state index contributed by atoms with van der Waals surface area (Å²) in [7, 11) is -3.86. The monoisotopic (exact) mass is 301 g/mol. The normalized spacial score (nSPS) is 12.0. The van der Waals surface area contributed by atoms with Crippen LogP contribution in [-0.2, 0) is 10.1 Å². The number of aromatic nitrogens is 3. The molecule has 1 N–H and O–H groups in total. The minimum atomic E-state index is -3.86. The summed E-state index contributed by atoms with van der Waals surface area (Å²) in [4.78, 5) is 0. The van der Waals surface area contributed by atoms with Crippen LogP contribution in [0, 0.1) is 0 Å². The van der Waals surface area contributed by atoms with Crippen LogP contribution in [0.4, 0.5) is 0 Å². The van der Waals surface area contributed by atoms with Crippen LogP contribution in [0.1, 0.15) is 5.56 Å². The highest BCUT2D eigenvalue weighted by Crippen LogP contribution is 2.23. The number of H-pyrrole nitrogens is 1. The van der Waals surface area contributed by atoms with Crippen LogP contribution in [0.5, 0.6) is 5.75 Å². The van der Waals surface area contributed by atoms with Gasteiger partial charge in [-0.3, -0.25) is 0 Å². The first-order chi connectivity index (χ1) is 10.1. The number of rotatable bonds is 4. The second-order valence-electron chi connectivity index (χ2n) is 4.24. The molecule has 0 fully saturated rings. The van der Waals surface area contributed by atoms with Crippen molar-refractivity contribution in [3.63, 3.8) is 0 Å². The molecule has 106 valence electrons. The fraction of sp³-hybridized carbons (Fsp3) is 0. The first-order valence-corrected chi connectivity index (χ1v) is 7.58. The van der Waals surface area contributed by atoms with E-state index >= 15 is 0 Å². The highest BCUT2D eigenvalue weighted by molar-refractivity contribution is 7.90. The van der Waals surface area contributed by atoms with E-state index in [0.29, 0.717) is 11.0 Å². The quantitative estimate of drug-likeness (QED) is 0.748. The smallest absolute Gasteiger partial charge is 0.332 e. The minimum absolute atomic E-state index is 0.138. The summed E-state index contributed by atoms with van der Waals surface area (Å²) in [5.41, 5.74) is 1.67. The number of fused-ring (bicyclic) bond motifs is 1. The Hall–Kier alpha value is -2.67. The zero-order valence-electron chi connectivity index (χ0n) is 10.8. The van der Waals surface area contributed by atoms with Crippen molar-refractivity contribution in [2.24, 2.45) is 0 Å². The van der Waals surface area contributed by atoms with Gasteiger partial charge in [-0.1, -0.05) is 36.4 Å². The lowest BCUT2D eigenvalue weighted by Crippen LogP contribution is -2.05. The number of nitrogens with one attached hydrogen (secondary N) is 1. The summed E-state index contributed by atoms with van der Waals surface area (Å²) in [6.45, 7) is 0. The molecule has 3 rings (SSSR count). The van der Waals surface area contributed by atoms with Crippen LogP contribution in [0.3, 0.4) is 0 Å². The van der Waals surface area contributed by atoms with Gasteiger partial charge in [0.25, 0.3) is 0 Å². The summed E-state index contributed by atoms with van der Waals surface area (Å²) in [5, 5.41) is 11.2. The lowest BCUT2D eigenvalue weighted by molar-refractivity contribution is 0.499. The second-order valence-corrected chi connectivity index (χ2v) is 5.66. The van der Waals surface area contributed by atoms with Crippen molar-refractivity contribution in [1.82, 2.24) is 15.4 Å². The van der Waals surface area contributed by atoms with Crippen molar-refractivity contribution < 1.29 is 12.6 Å². The van der Waals surface area contributed by atoms with Gasteiger partial charge in [0.1, 0.15) is 5.52 Å². The van der Waals surface area contributed by atoms with Gasteiger partial charge in [-0.15, -0.1) is 0 Å². The molecule has 3 aromatic rings. The van der Waals surface area contributed by atoms with E-state index in [-0.39, 0.29) is 5.75 Å². The second kappa shape index (κ2) is 5.37. The Morgan fingerprint density at radius 2 is 1.81 bits per heavy atom. The Kier molecular flexibility index (Phi) is 3.41. The predicted molar refractivity (Wildman–Crippen MR) is 78.9 cm³/mol. The van der Waals surface area contributed by atoms with Crippen molar-refractivity contribution in [3.05, 3.63) is 59.5 Å². The molecule has 0 spiro atoms. The lowest BCUT2D eigenvalue weighted by Gasteiger charge is -2.03. The molecule has 0 aliphatic heterocycles. The maximum absolute atomic E-state index is 12.0. The Bertz CT molecular complexity index is 886. The van der Waals surface area contributed by atoms with Gasteiger partial charge >= 0.3 is 10.1 Å². The molecule has 0 unspecified atom stereocenters. The summed E-state index contributed by atoms with van der Waals surface area (Å²) < 4.78 is 29.0. The number of benzene rings is 2. The molecule has 0 saturated carbocycles. The molecule has 0 bridgehead atoms. The molecule has 1 heterocycles. The van der Waals surface area contributed by atoms with Gasteiger partial charge in [-0.2, -0.15) is 23.8 Å². The predicted octanol–water partition coefficient (Wildman–Crippen LogP) is 2.34. The number of hydrogen-bond donors (Lipinski definition) is 1. The van der Waals surface area contributed by atoms with E-state index in [9.17, 15) is 8.42 Å². The Morgan fingerprint density at radius 3 is 2.62 bits per heavy atom.